The molecule has 1 rings (SSSR count). The Morgan fingerprint density at radius 3 is 2.24 bits per heavy atom. The normalized spacial score (nSPS) is 20.6. The number of nitrogens with zero attached hydrogens (tertiary/aromatic N) is 1. The van der Waals surface area contributed by atoms with Crippen LogP contribution in [0.1, 0.15) is 52.4 Å². The number of carbonyl (C=O) groups is 2. The molecule has 0 spiro atoms. The smallest absolute Gasteiger partial charge is 0.326 e. The second-order valence-corrected chi connectivity index (χ2v) is 5.12. The Bertz CT molecular complexity index is 295. The predicted octanol–water partition coefficient (Wildman–Crippen LogP) is 2.28. The van der Waals surface area contributed by atoms with Crippen molar-refractivity contribution in [3.63, 3.8) is 0 Å². The molecule has 0 aliphatic heterocycles. The quantitative estimate of drug-likeness (QED) is 0.821. The van der Waals surface area contributed by atoms with Crippen molar-refractivity contribution in [1.82, 2.24) is 4.90 Å². The minimum atomic E-state index is -0.942. The van der Waals surface area contributed by atoms with Crippen LogP contribution in [0.15, 0.2) is 0 Å². The molecule has 1 saturated carbocycles. The van der Waals surface area contributed by atoms with Gasteiger partial charge >= 0.3 is 5.97 Å². The molecular formula is C13H23NO3. The monoisotopic (exact) mass is 241 g/mol. The van der Waals surface area contributed by atoms with Gasteiger partial charge in [-0.2, -0.15) is 0 Å². The van der Waals surface area contributed by atoms with Gasteiger partial charge in [0.1, 0.15) is 6.04 Å². The highest BCUT2D eigenvalue weighted by molar-refractivity contribution is 5.87. The van der Waals surface area contributed by atoms with Crippen LogP contribution < -0.4 is 0 Å². The lowest BCUT2D eigenvalue weighted by molar-refractivity contribution is -0.154. The second-order valence-electron chi connectivity index (χ2n) is 5.12. The molecule has 98 valence electrons. The molecule has 0 bridgehead atoms. The largest absolute Gasteiger partial charge is 0.480 e. The van der Waals surface area contributed by atoms with Crippen molar-refractivity contribution in [1.29, 1.82) is 0 Å². The molecule has 0 aromatic heterocycles. The van der Waals surface area contributed by atoms with Crippen molar-refractivity contribution < 1.29 is 14.7 Å². The summed E-state index contributed by atoms with van der Waals surface area (Å²) in [5, 5.41) is 8.96. The Morgan fingerprint density at radius 2 is 1.82 bits per heavy atom. The number of carboxylic acid groups (broad SMARTS) is 1. The molecule has 4 heteroatoms. The second kappa shape index (κ2) is 5.52. The van der Waals surface area contributed by atoms with E-state index in [2.05, 4.69) is 0 Å². The number of carboxylic acids is 1. The van der Waals surface area contributed by atoms with Gasteiger partial charge in [-0.15, -0.1) is 0 Å². The van der Waals surface area contributed by atoms with Crippen molar-refractivity contribution >= 4 is 11.9 Å². The number of hydrogen-bond donors (Lipinski definition) is 1. The average molecular weight is 241 g/mol. The van der Waals surface area contributed by atoms with E-state index in [-0.39, 0.29) is 11.3 Å². The first-order valence-electron chi connectivity index (χ1n) is 6.44. The highest BCUT2D eigenvalue weighted by Crippen LogP contribution is 2.40. The lowest BCUT2D eigenvalue weighted by Gasteiger charge is -2.39. The molecule has 0 aromatic rings. The Kier molecular flexibility index (Phi) is 4.54. The maximum absolute atomic E-state index is 12.5. The molecule has 0 radical (unpaired) electrons. The predicted molar refractivity (Wildman–Crippen MR) is 65.7 cm³/mol. The van der Waals surface area contributed by atoms with E-state index in [1.54, 1.807) is 14.0 Å². The van der Waals surface area contributed by atoms with Crippen LogP contribution in [0.25, 0.3) is 0 Å². The van der Waals surface area contributed by atoms with Crippen LogP contribution >= 0.6 is 0 Å². The molecule has 17 heavy (non-hydrogen) atoms. The van der Waals surface area contributed by atoms with E-state index >= 15 is 0 Å². The summed E-state index contributed by atoms with van der Waals surface area (Å²) in [5.74, 6) is -0.933. The van der Waals surface area contributed by atoms with E-state index in [0.29, 0.717) is 0 Å². The first kappa shape index (κ1) is 14.0. The first-order chi connectivity index (χ1) is 7.94. The van der Waals surface area contributed by atoms with Gasteiger partial charge in [-0.25, -0.2) is 4.79 Å². The van der Waals surface area contributed by atoms with Crippen molar-refractivity contribution in [3.8, 4) is 0 Å². The molecular weight excluding hydrogens is 218 g/mol. The Morgan fingerprint density at radius 1 is 1.29 bits per heavy atom. The van der Waals surface area contributed by atoms with E-state index in [9.17, 15) is 9.59 Å². The molecule has 0 aromatic carbocycles. The van der Waals surface area contributed by atoms with Crippen LogP contribution in [0.3, 0.4) is 0 Å². The van der Waals surface area contributed by atoms with Gasteiger partial charge in [0.2, 0.25) is 5.91 Å². The standard InChI is InChI=1S/C13H23NO3/c1-4-13(8-6-5-7-9-13)12(17)14(3)10(2)11(15)16/h10H,4-9H2,1-3H3,(H,15,16). The topological polar surface area (TPSA) is 57.6 Å². The number of amides is 1. The van der Waals surface area contributed by atoms with Crippen LogP contribution in [-0.2, 0) is 9.59 Å². The van der Waals surface area contributed by atoms with Crippen LogP contribution in [0.5, 0.6) is 0 Å². The van der Waals surface area contributed by atoms with E-state index in [0.717, 1.165) is 32.1 Å². The summed E-state index contributed by atoms with van der Waals surface area (Å²) in [5.41, 5.74) is -0.309. The Balaban J connectivity index is 2.81. The molecule has 1 amide bonds. The molecule has 1 aliphatic carbocycles. The van der Waals surface area contributed by atoms with Gasteiger partial charge in [0, 0.05) is 12.5 Å². The molecule has 1 unspecified atom stereocenters. The molecule has 0 heterocycles. The molecule has 1 N–H and O–H groups in total. The zero-order valence-electron chi connectivity index (χ0n) is 11.0. The van der Waals surface area contributed by atoms with Gasteiger partial charge in [0.15, 0.2) is 0 Å². The van der Waals surface area contributed by atoms with E-state index in [1.165, 1.54) is 11.3 Å². The number of likely N-dealkylation sites (N-methyl/N-ethyl adjacent to an activating group) is 1. The third kappa shape index (κ3) is 2.79. The minimum absolute atomic E-state index is 0.00889. The number of aliphatic carboxylic acids is 1. The van der Waals surface area contributed by atoms with Gasteiger partial charge in [-0.05, 0) is 26.2 Å². The zero-order chi connectivity index (χ0) is 13.1. The maximum Gasteiger partial charge on any atom is 0.326 e. The molecule has 0 saturated heterocycles. The average Bonchev–Trinajstić information content (AvgIpc) is 2.36. The summed E-state index contributed by atoms with van der Waals surface area (Å²) in [6, 6.07) is -0.743. The highest BCUT2D eigenvalue weighted by Gasteiger charge is 2.41. The SMILES string of the molecule is CCC1(C(=O)N(C)C(C)C(=O)O)CCCCC1. The molecule has 4 nitrogen and oxygen atoms in total. The van der Waals surface area contributed by atoms with Gasteiger partial charge in [-0.1, -0.05) is 26.2 Å². The zero-order valence-corrected chi connectivity index (χ0v) is 11.0. The summed E-state index contributed by atoms with van der Waals surface area (Å²) in [6.45, 7) is 3.59. The lowest BCUT2D eigenvalue weighted by atomic mass is 9.71. The minimum Gasteiger partial charge on any atom is -0.480 e. The first-order valence-corrected chi connectivity index (χ1v) is 6.44. The summed E-state index contributed by atoms with van der Waals surface area (Å²) in [7, 11) is 1.60. The summed E-state index contributed by atoms with van der Waals surface area (Å²) in [6.07, 6.45) is 5.96. The maximum atomic E-state index is 12.5. The number of carbonyl (C=O) groups excluding carboxylic acids is 1. The molecule has 1 fully saturated rings. The summed E-state index contributed by atoms with van der Waals surface area (Å²) in [4.78, 5) is 24.8. The van der Waals surface area contributed by atoms with Gasteiger partial charge < -0.3 is 10.0 Å². The van der Waals surface area contributed by atoms with Crippen LogP contribution in [0, 0.1) is 5.41 Å². The number of rotatable bonds is 4. The van der Waals surface area contributed by atoms with Gasteiger partial charge in [0.25, 0.3) is 0 Å². The van der Waals surface area contributed by atoms with Gasteiger partial charge in [-0.3, -0.25) is 4.79 Å². The Labute approximate surface area is 103 Å². The third-order valence-corrected chi connectivity index (χ3v) is 4.20. The van der Waals surface area contributed by atoms with Crippen molar-refractivity contribution in [2.24, 2.45) is 5.41 Å². The lowest BCUT2D eigenvalue weighted by Crippen LogP contribution is -2.49. The van der Waals surface area contributed by atoms with Crippen molar-refractivity contribution in [2.75, 3.05) is 7.05 Å². The van der Waals surface area contributed by atoms with Crippen molar-refractivity contribution in [2.45, 2.75) is 58.4 Å². The summed E-state index contributed by atoms with van der Waals surface area (Å²) < 4.78 is 0. The highest BCUT2D eigenvalue weighted by atomic mass is 16.4. The van der Waals surface area contributed by atoms with E-state index < -0.39 is 12.0 Å². The fourth-order valence-corrected chi connectivity index (χ4v) is 2.66. The Hall–Kier alpha value is -1.06. The van der Waals surface area contributed by atoms with Crippen molar-refractivity contribution in [3.05, 3.63) is 0 Å². The van der Waals surface area contributed by atoms with Crippen LogP contribution in [0.4, 0.5) is 0 Å². The van der Waals surface area contributed by atoms with E-state index in [4.69, 9.17) is 5.11 Å². The van der Waals surface area contributed by atoms with E-state index in [1.807, 2.05) is 6.92 Å². The van der Waals surface area contributed by atoms with Crippen LogP contribution in [0.2, 0.25) is 0 Å². The third-order valence-electron chi connectivity index (χ3n) is 4.20. The summed E-state index contributed by atoms with van der Waals surface area (Å²) >= 11 is 0. The van der Waals surface area contributed by atoms with Gasteiger partial charge in [0.05, 0.1) is 0 Å². The fourth-order valence-electron chi connectivity index (χ4n) is 2.66. The molecule has 1 aliphatic rings. The fraction of sp³-hybridized carbons (Fsp3) is 0.846. The molecule has 1 atom stereocenters. The number of hydrogen-bond acceptors (Lipinski definition) is 2. The van der Waals surface area contributed by atoms with Crippen LogP contribution in [-0.4, -0.2) is 35.0 Å².